The molecule has 0 radical (unpaired) electrons. The molecule has 1 aliphatic heterocycles. The number of hydrogen-bond acceptors (Lipinski definition) is 3. The molecule has 5 heteroatoms. The molecule has 0 saturated carbocycles. The molecule has 2 heterocycles. The number of aliphatic hydroxyl groups excluding tert-OH is 1. The van der Waals surface area contributed by atoms with Crippen molar-refractivity contribution in [1.29, 1.82) is 0 Å². The average molecular weight is 275 g/mol. The Labute approximate surface area is 117 Å². The van der Waals surface area contributed by atoms with Crippen molar-refractivity contribution in [3.05, 3.63) is 47.0 Å². The maximum Gasteiger partial charge on any atom is 0.123 e. The van der Waals surface area contributed by atoms with E-state index in [2.05, 4.69) is 15.1 Å². The molecule has 1 atom stereocenters. The SMILES string of the molecule is Cc1cn[nH]c1CN1CCCC(O)c2cc(F)ccc21. The highest BCUT2D eigenvalue weighted by atomic mass is 19.1. The van der Waals surface area contributed by atoms with Gasteiger partial charge in [0.15, 0.2) is 0 Å². The van der Waals surface area contributed by atoms with Crippen LogP contribution in [0.1, 0.15) is 35.8 Å². The number of aryl methyl sites for hydroxylation is 1. The van der Waals surface area contributed by atoms with Crippen molar-refractivity contribution >= 4 is 5.69 Å². The molecule has 3 rings (SSSR count). The Morgan fingerprint density at radius 3 is 3.10 bits per heavy atom. The van der Waals surface area contributed by atoms with Gasteiger partial charge in [-0.15, -0.1) is 0 Å². The summed E-state index contributed by atoms with van der Waals surface area (Å²) >= 11 is 0. The van der Waals surface area contributed by atoms with Gasteiger partial charge < -0.3 is 10.0 Å². The van der Waals surface area contributed by atoms with Crippen molar-refractivity contribution in [2.45, 2.75) is 32.4 Å². The first kappa shape index (κ1) is 13.1. The van der Waals surface area contributed by atoms with E-state index >= 15 is 0 Å². The summed E-state index contributed by atoms with van der Waals surface area (Å²) in [7, 11) is 0. The smallest absolute Gasteiger partial charge is 0.123 e. The first-order valence-electron chi connectivity index (χ1n) is 6.86. The number of halogens is 1. The van der Waals surface area contributed by atoms with Crippen molar-refractivity contribution in [3.63, 3.8) is 0 Å². The fraction of sp³-hybridized carbons (Fsp3) is 0.400. The first-order chi connectivity index (χ1) is 9.65. The molecule has 0 bridgehead atoms. The van der Waals surface area contributed by atoms with E-state index in [0.717, 1.165) is 29.9 Å². The van der Waals surface area contributed by atoms with Crippen LogP contribution in [-0.2, 0) is 6.54 Å². The second-order valence-electron chi connectivity index (χ2n) is 5.31. The Bertz CT molecular complexity index is 611. The van der Waals surface area contributed by atoms with Gasteiger partial charge in [0.25, 0.3) is 0 Å². The highest BCUT2D eigenvalue weighted by Crippen LogP contribution is 2.34. The van der Waals surface area contributed by atoms with Gasteiger partial charge in [-0.2, -0.15) is 5.10 Å². The zero-order valence-corrected chi connectivity index (χ0v) is 11.4. The Balaban J connectivity index is 1.96. The molecule has 106 valence electrons. The van der Waals surface area contributed by atoms with Crippen molar-refractivity contribution in [2.24, 2.45) is 0 Å². The quantitative estimate of drug-likeness (QED) is 0.886. The van der Waals surface area contributed by atoms with Crippen LogP contribution in [0.2, 0.25) is 0 Å². The molecule has 0 fully saturated rings. The van der Waals surface area contributed by atoms with E-state index in [1.807, 2.05) is 6.92 Å². The molecule has 0 spiro atoms. The normalized spacial score (nSPS) is 18.8. The van der Waals surface area contributed by atoms with Crippen LogP contribution in [-0.4, -0.2) is 21.8 Å². The highest BCUT2D eigenvalue weighted by Gasteiger charge is 2.22. The average Bonchev–Trinajstić information content (AvgIpc) is 2.76. The number of nitrogens with zero attached hydrogens (tertiary/aromatic N) is 2. The van der Waals surface area contributed by atoms with Crippen molar-refractivity contribution in [2.75, 3.05) is 11.4 Å². The Morgan fingerprint density at radius 2 is 2.35 bits per heavy atom. The molecule has 1 aliphatic rings. The van der Waals surface area contributed by atoms with Crippen LogP contribution in [0.5, 0.6) is 0 Å². The number of nitrogens with one attached hydrogen (secondary N) is 1. The summed E-state index contributed by atoms with van der Waals surface area (Å²) in [5.74, 6) is -0.303. The van der Waals surface area contributed by atoms with E-state index in [9.17, 15) is 9.50 Å². The number of H-pyrrole nitrogens is 1. The molecular formula is C15H18FN3O. The number of hydrogen-bond donors (Lipinski definition) is 2. The van der Waals surface area contributed by atoms with Crippen LogP contribution >= 0.6 is 0 Å². The molecule has 0 amide bonds. The third-order valence-corrected chi connectivity index (χ3v) is 3.88. The van der Waals surface area contributed by atoms with E-state index in [0.29, 0.717) is 18.5 Å². The second-order valence-corrected chi connectivity index (χ2v) is 5.31. The van der Waals surface area contributed by atoms with Crippen LogP contribution in [0.15, 0.2) is 24.4 Å². The molecule has 20 heavy (non-hydrogen) atoms. The summed E-state index contributed by atoms with van der Waals surface area (Å²) in [6.45, 7) is 3.54. The second kappa shape index (κ2) is 5.25. The molecule has 1 unspecified atom stereocenters. The Hall–Kier alpha value is -1.88. The first-order valence-corrected chi connectivity index (χ1v) is 6.86. The van der Waals surface area contributed by atoms with Gasteiger partial charge in [-0.05, 0) is 43.5 Å². The molecule has 2 aromatic rings. The summed E-state index contributed by atoms with van der Waals surface area (Å²) in [5, 5.41) is 17.2. The summed E-state index contributed by atoms with van der Waals surface area (Å²) in [6.07, 6.45) is 2.75. The van der Waals surface area contributed by atoms with Crippen LogP contribution in [0, 0.1) is 12.7 Å². The fourth-order valence-electron chi connectivity index (χ4n) is 2.72. The third-order valence-electron chi connectivity index (χ3n) is 3.88. The van der Waals surface area contributed by atoms with E-state index in [1.165, 1.54) is 12.1 Å². The lowest BCUT2D eigenvalue weighted by atomic mass is 10.0. The molecular weight excluding hydrogens is 257 g/mol. The number of benzene rings is 1. The maximum atomic E-state index is 13.4. The predicted octanol–water partition coefficient (Wildman–Crippen LogP) is 2.69. The van der Waals surface area contributed by atoms with Gasteiger partial charge in [-0.1, -0.05) is 0 Å². The number of aromatic nitrogens is 2. The van der Waals surface area contributed by atoms with Gasteiger partial charge in [-0.3, -0.25) is 5.10 Å². The van der Waals surface area contributed by atoms with Crippen molar-refractivity contribution in [3.8, 4) is 0 Å². The van der Waals surface area contributed by atoms with Gasteiger partial charge in [0.1, 0.15) is 5.82 Å². The summed E-state index contributed by atoms with van der Waals surface area (Å²) in [6, 6.07) is 4.65. The number of rotatable bonds is 2. The highest BCUT2D eigenvalue weighted by molar-refractivity contribution is 5.56. The summed E-state index contributed by atoms with van der Waals surface area (Å²) < 4.78 is 13.4. The molecule has 1 aromatic heterocycles. The Morgan fingerprint density at radius 1 is 1.50 bits per heavy atom. The number of aliphatic hydroxyl groups is 1. The monoisotopic (exact) mass is 275 g/mol. The fourth-order valence-corrected chi connectivity index (χ4v) is 2.72. The topological polar surface area (TPSA) is 52.2 Å². The summed E-state index contributed by atoms with van der Waals surface area (Å²) in [4.78, 5) is 2.17. The largest absolute Gasteiger partial charge is 0.388 e. The van der Waals surface area contributed by atoms with Crippen LogP contribution in [0.25, 0.3) is 0 Å². The predicted molar refractivity (Wildman–Crippen MR) is 75.0 cm³/mol. The van der Waals surface area contributed by atoms with E-state index < -0.39 is 6.10 Å². The molecule has 0 saturated heterocycles. The Kier molecular flexibility index (Phi) is 3.44. The van der Waals surface area contributed by atoms with Gasteiger partial charge in [0.2, 0.25) is 0 Å². The lowest BCUT2D eigenvalue weighted by Gasteiger charge is -2.25. The van der Waals surface area contributed by atoms with Crippen molar-refractivity contribution in [1.82, 2.24) is 10.2 Å². The minimum Gasteiger partial charge on any atom is -0.388 e. The van der Waals surface area contributed by atoms with Crippen LogP contribution < -0.4 is 4.90 Å². The van der Waals surface area contributed by atoms with Gasteiger partial charge >= 0.3 is 0 Å². The molecule has 4 nitrogen and oxygen atoms in total. The molecule has 2 N–H and O–H groups in total. The zero-order chi connectivity index (χ0) is 14.1. The third kappa shape index (κ3) is 2.41. The number of anilines is 1. The van der Waals surface area contributed by atoms with Crippen LogP contribution in [0.3, 0.4) is 0 Å². The lowest BCUT2D eigenvalue weighted by molar-refractivity contribution is 0.168. The van der Waals surface area contributed by atoms with Gasteiger partial charge in [0, 0.05) is 17.8 Å². The van der Waals surface area contributed by atoms with Gasteiger partial charge in [-0.25, -0.2) is 4.39 Å². The van der Waals surface area contributed by atoms with E-state index in [-0.39, 0.29) is 5.82 Å². The minimum absolute atomic E-state index is 0.303. The maximum absolute atomic E-state index is 13.4. The van der Waals surface area contributed by atoms with E-state index in [1.54, 1.807) is 12.3 Å². The van der Waals surface area contributed by atoms with Crippen molar-refractivity contribution < 1.29 is 9.50 Å². The lowest BCUT2D eigenvalue weighted by Crippen LogP contribution is -2.24. The molecule has 0 aliphatic carbocycles. The van der Waals surface area contributed by atoms with Crippen LogP contribution in [0.4, 0.5) is 10.1 Å². The summed E-state index contributed by atoms with van der Waals surface area (Å²) in [5.41, 5.74) is 3.75. The van der Waals surface area contributed by atoms with E-state index in [4.69, 9.17) is 0 Å². The zero-order valence-electron chi connectivity index (χ0n) is 11.4. The van der Waals surface area contributed by atoms with Gasteiger partial charge in [0.05, 0.1) is 24.5 Å². The molecule has 1 aromatic carbocycles. The number of fused-ring (bicyclic) bond motifs is 1. The number of aromatic amines is 1. The standard InChI is InChI=1S/C15H18FN3O/c1-10-8-17-18-13(10)9-19-6-2-3-15(20)12-7-11(16)4-5-14(12)19/h4-5,7-8,15,20H,2-3,6,9H2,1H3,(H,17,18). The minimum atomic E-state index is -0.589.